The van der Waals surface area contributed by atoms with Gasteiger partial charge < -0.3 is 9.84 Å². The lowest BCUT2D eigenvalue weighted by Crippen LogP contribution is -2.12. The van der Waals surface area contributed by atoms with Gasteiger partial charge in [-0.3, -0.25) is 4.72 Å². The maximum Gasteiger partial charge on any atom is 0.261 e. The number of rotatable bonds is 7. The molecular formula is C16H19NO4S. The molecule has 0 fully saturated rings. The highest BCUT2D eigenvalue weighted by atomic mass is 32.2. The van der Waals surface area contributed by atoms with Crippen LogP contribution in [0.3, 0.4) is 0 Å². The fourth-order valence-corrected chi connectivity index (χ4v) is 2.86. The fourth-order valence-electron chi connectivity index (χ4n) is 1.81. The van der Waals surface area contributed by atoms with Crippen molar-refractivity contribution >= 4 is 15.7 Å². The van der Waals surface area contributed by atoms with Crippen LogP contribution in [-0.2, 0) is 10.0 Å². The maximum atomic E-state index is 12.2. The molecule has 0 saturated heterocycles. The van der Waals surface area contributed by atoms with Crippen molar-refractivity contribution in [3.05, 3.63) is 54.1 Å². The number of aryl methyl sites for hydroxylation is 1. The topological polar surface area (TPSA) is 75.6 Å². The molecule has 6 heteroatoms. The van der Waals surface area contributed by atoms with Gasteiger partial charge in [-0.2, -0.15) is 0 Å². The van der Waals surface area contributed by atoms with Gasteiger partial charge in [0.25, 0.3) is 10.0 Å². The van der Waals surface area contributed by atoms with Crippen molar-refractivity contribution in [2.24, 2.45) is 0 Å². The van der Waals surface area contributed by atoms with Gasteiger partial charge in [-0.25, -0.2) is 8.42 Å². The molecule has 2 rings (SSSR count). The number of benzene rings is 2. The minimum Gasteiger partial charge on any atom is -0.494 e. The van der Waals surface area contributed by atoms with Gasteiger partial charge in [0, 0.05) is 18.7 Å². The summed E-state index contributed by atoms with van der Waals surface area (Å²) in [5, 5.41) is 8.68. The van der Waals surface area contributed by atoms with Gasteiger partial charge in [-0.1, -0.05) is 17.7 Å². The summed E-state index contributed by atoms with van der Waals surface area (Å²) in [6.45, 7) is 2.40. The predicted molar refractivity (Wildman–Crippen MR) is 85.6 cm³/mol. The number of hydrogen-bond donors (Lipinski definition) is 2. The Hall–Kier alpha value is -2.05. The SMILES string of the molecule is Cc1ccc(S(=O)(=O)Nc2ccc(OCCCO)cc2)cc1. The van der Waals surface area contributed by atoms with E-state index in [0.29, 0.717) is 24.5 Å². The number of nitrogens with one attached hydrogen (secondary N) is 1. The third-order valence-electron chi connectivity index (χ3n) is 3.01. The van der Waals surface area contributed by atoms with Crippen molar-refractivity contribution in [3.63, 3.8) is 0 Å². The van der Waals surface area contributed by atoms with Gasteiger partial charge in [-0.05, 0) is 43.3 Å². The van der Waals surface area contributed by atoms with Gasteiger partial charge in [0.1, 0.15) is 5.75 Å². The minimum atomic E-state index is -3.59. The van der Waals surface area contributed by atoms with E-state index in [1.807, 2.05) is 6.92 Å². The summed E-state index contributed by atoms with van der Waals surface area (Å²) in [6.07, 6.45) is 0.557. The molecule has 0 aromatic heterocycles. The largest absolute Gasteiger partial charge is 0.494 e. The molecule has 0 aliphatic heterocycles. The lowest BCUT2D eigenvalue weighted by Gasteiger charge is -2.10. The van der Waals surface area contributed by atoms with Crippen LogP contribution in [0.5, 0.6) is 5.75 Å². The molecule has 0 unspecified atom stereocenters. The molecular weight excluding hydrogens is 302 g/mol. The smallest absolute Gasteiger partial charge is 0.261 e. The first-order valence-electron chi connectivity index (χ1n) is 6.94. The van der Waals surface area contributed by atoms with E-state index < -0.39 is 10.0 Å². The van der Waals surface area contributed by atoms with Crippen molar-refractivity contribution < 1.29 is 18.3 Å². The zero-order valence-electron chi connectivity index (χ0n) is 12.3. The zero-order valence-corrected chi connectivity index (χ0v) is 13.1. The number of aliphatic hydroxyl groups is 1. The van der Waals surface area contributed by atoms with Crippen LogP contribution in [0.2, 0.25) is 0 Å². The minimum absolute atomic E-state index is 0.0778. The molecule has 0 aliphatic rings. The van der Waals surface area contributed by atoms with E-state index >= 15 is 0 Å². The molecule has 22 heavy (non-hydrogen) atoms. The molecule has 0 bridgehead atoms. The molecule has 0 heterocycles. The van der Waals surface area contributed by atoms with Crippen LogP contribution in [0.15, 0.2) is 53.4 Å². The standard InChI is InChI=1S/C16H19NO4S/c1-13-3-9-16(10-4-13)22(19,20)17-14-5-7-15(8-6-14)21-12-2-11-18/h3-10,17-18H,2,11-12H2,1H3. The molecule has 2 N–H and O–H groups in total. The van der Waals surface area contributed by atoms with Crippen LogP contribution >= 0.6 is 0 Å². The van der Waals surface area contributed by atoms with Crippen molar-refractivity contribution in [2.45, 2.75) is 18.2 Å². The Kier molecular flexibility index (Phi) is 5.41. The summed E-state index contributed by atoms with van der Waals surface area (Å²) in [5.74, 6) is 0.631. The Balaban J connectivity index is 2.05. The second-order valence-corrected chi connectivity index (χ2v) is 6.55. The van der Waals surface area contributed by atoms with Crippen molar-refractivity contribution in [2.75, 3.05) is 17.9 Å². The van der Waals surface area contributed by atoms with Crippen LogP contribution in [0, 0.1) is 6.92 Å². The highest BCUT2D eigenvalue weighted by molar-refractivity contribution is 7.92. The number of aliphatic hydroxyl groups excluding tert-OH is 1. The molecule has 118 valence electrons. The fraction of sp³-hybridized carbons (Fsp3) is 0.250. The summed E-state index contributed by atoms with van der Waals surface area (Å²) in [4.78, 5) is 0.223. The van der Waals surface area contributed by atoms with E-state index in [4.69, 9.17) is 9.84 Å². The molecule has 0 spiro atoms. The van der Waals surface area contributed by atoms with E-state index in [9.17, 15) is 8.42 Å². The molecule has 0 atom stereocenters. The monoisotopic (exact) mass is 321 g/mol. The molecule has 5 nitrogen and oxygen atoms in total. The Morgan fingerprint density at radius 2 is 1.68 bits per heavy atom. The highest BCUT2D eigenvalue weighted by Gasteiger charge is 2.13. The quantitative estimate of drug-likeness (QED) is 0.769. The van der Waals surface area contributed by atoms with E-state index in [1.165, 1.54) is 0 Å². The highest BCUT2D eigenvalue weighted by Crippen LogP contribution is 2.19. The number of hydrogen-bond acceptors (Lipinski definition) is 4. The lowest BCUT2D eigenvalue weighted by atomic mass is 10.2. The second-order valence-electron chi connectivity index (χ2n) is 4.87. The maximum absolute atomic E-state index is 12.2. The third-order valence-corrected chi connectivity index (χ3v) is 4.41. The van der Waals surface area contributed by atoms with Gasteiger partial charge in [-0.15, -0.1) is 0 Å². The first kappa shape index (κ1) is 16.3. The number of ether oxygens (including phenoxy) is 1. The zero-order chi connectivity index (χ0) is 16.0. The van der Waals surface area contributed by atoms with Crippen LogP contribution in [0.1, 0.15) is 12.0 Å². The normalized spacial score (nSPS) is 11.2. The average Bonchev–Trinajstić information content (AvgIpc) is 2.49. The van der Waals surface area contributed by atoms with Crippen LogP contribution in [0.4, 0.5) is 5.69 Å². The van der Waals surface area contributed by atoms with Crippen LogP contribution in [0.25, 0.3) is 0 Å². The first-order valence-corrected chi connectivity index (χ1v) is 8.43. The van der Waals surface area contributed by atoms with Crippen molar-refractivity contribution in [3.8, 4) is 5.75 Å². The van der Waals surface area contributed by atoms with Crippen LogP contribution in [-0.4, -0.2) is 26.7 Å². The predicted octanol–water partition coefficient (Wildman–Crippen LogP) is 2.56. The number of anilines is 1. The lowest BCUT2D eigenvalue weighted by molar-refractivity contribution is 0.233. The Labute approximate surface area is 130 Å². The van der Waals surface area contributed by atoms with Crippen LogP contribution < -0.4 is 9.46 Å². The van der Waals surface area contributed by atoms with E-state index in [2.05, 4.69) is 4.72 Å². The van der Waals surface area contributed by atoms with E-state index in [-0.39, 0.29) is 11.5 Å². The van der Waals surface area contributed by atoms with Crippen molar-refractivity contribution in [1.29, 1.82) is 0 Å². The summed E-state index contributed by atoms with van der Waals surface area (Å²) < 4.78 is 32.4. The summed E-state index contributed by atoms with van der Waals surface area (Å²) in [5.41, 5.74) is 1.47. The average molecular weight is 321 g/mol. The van der Waals surface area contributed by atoms with E-state index in [0.717, 1.165) is 5.56 Å². The summed E-state index contributed by atoms with van der Waals surface area (Å²) in [6, 6.07) is 13.3. The Morgan fingerprint density at radius 1 is 1.05 bits per heavy atom. The molecule has 0 saturated carbocycles. The Bertz CT molecular complexity index is 694. The number of sulfonamides is 1. The van der Waals surface area contributed by atoms with Crippen molar-refractivity contribution in [1.82, 2.24) is 0 Å². The molecule has 0 radical (unpaired) electrons. The second kappa shape index (κ2) is 7.29. The summed E-state index contributed by atoms with van der Waals surface area (Å²) in [7, 11) is -3.59. The molecule has 2 aromatic carbocycles. The third kappa shape index (κ3) is 4.47. The summed E-state index contributed by atoms with van der Waals surface area (Å²) >= 11 is 0. The van der Waals surface area contributed by atoms with Gasteiger partial charge in [0.05, 0.1) is 11.5 Å². The van der Waals surface area contributed by atoms with E-state index in [1.54, 1.807) is 48.5 Å². The molecule has 0 amide bonds. The van der Waals surface area contributed by atoms with Gasteiger partial charge in [0.15, 0.2) is 0 Å². The molecule has 0 aliphatic carbocycles. The van der Waals surface area contributed by atoms with Gasteiger partial charge >= 0.3 is 0 Å². The molecule has 2 aromatic rings. The Morgan fingerprint density at radius 3 is 2.27 bits per heavy atom. The first-order chi connectivity index (χ1) is 10.5. The van der Waals surface area contributed by atoms with Gasteiger partial charge in [0.2, 0.25) is 0 Å².